The zero-order valence-electron chi connectivity index (χ0n) is 16.9. The Hall–Kier alpha value is -1.63. The molecule has 1 aliphatic heterocycles. The predicted molar refractivity (Wildman–Crippen MR) is 117 cm³/mol. The van der Waals surface area contributed by atoms with Crippen LogP contribution in [0.3, 0.4) is 0 Å². The molecular weight excluding hydrogens is 370 g/mol. The van der Waals surface area contributed by atoms with Crippen LogP contribution < -0.4 is 10.1 Å². The number of aromatic nitrogens is 1. The van der Waals surface area contributed by atoms with Gasteiger partial charge < -0.3 is 15.2 Å². The fourth-order valence-electron chi connectivity index (χ4n) is 3.45. The number of aliphatic hydroxyl groups is 1. The van der Waals surface area contributed by atoms with Crippen molar-refractivity contribution >= 4 is 22.2 Å². The molecule has 3 rings (SSSR count). The van der Waals surface area contributed by atoms with E-state index in [1.165, 1.54) is 32.1 Å². The second-order valence-electron chi connectivity index (χ2n) is 7.59. The van der Waals surface area contributed by atoms with Crippen LogP contribution in [0.25, 0.3) is 0 Å². The van der Waals surface area contributed by atoms with Crippen molar-refractivity contribution < 1.29 is 9.84 Å². The summed E-state index contributed by atoms with van der Waals surface area (Å²) in [5.41, 5.74) is 2.07. The first-order valence-corrected chi connectivity index (χ1v) is 11.5. The molecule has 0 spiro atoms. The SMILES string of the molecule is CCCCCCCCOc1ccc(Nc2nc(CN3CCC(O)C3)cs2)cc1. The number of thiazole rings is 1. The number of β-amino-alcohol motifs (C(OH)–C–C–N with tert-alkyl or cyclic N) is 1. The van der Waals surface area contributed by atoms with Gasteiger partial charge in [-0.25, -0.2) is 4.98 Å². The molecule has 2 heterocycles. The van der Waals surface area contributed by atoms with E-state index in [0.29, 0.717) is 0 Å². The van der Waals surface area contributed by atoms with E-state index < -0.39 is 0 Å². The van der Waals surface area contributed by atoms with Gasteiger partial charge in [-0.15, -0.1) is 11.3 Å². The predicted octanol–water partition coefficient (Wildman–Crippen LogP) is 5.19. The maximum atomic E-state index is 9.63. The standard InChI is InChI=1S/C22H33N3O2S/c1-2-3-4-5-6-7-14-27-21-10-8-18(9-11-21)23-22-24-19(17-28-22)15-25-13-12-20(26)16-25/h8-11,17,20,26H,2-7,12-16H2,1H3,(H,23,24). The van der Waals surface area contributed by atoms with Crippen LogP contribution in [0, 0.1) is 0 Å². The van der Waals surface area contributed by atoms with Gasteiger partial charge in [0.05, 0.1) is 18.4 Å². The molecule has 28 heavy (non-hydrogen) atoms. The minimum Gasteiger partial charge on any atom is -0.494 e. The number of nitrogens with one attached hydrogen (secondary N) is 1. The summed E-state index contributed by atoms with van der Waals surface area (Å²) >= 11 is 1.61. The Morgan fingerprint density at radius 1 is 1.18 bits per heavy atom. The van der Waals surface area contributed by atoms with Crippen molar-refractivity contribution in [3.63, 3.8) is 0 Å². The van der Waals surface area contributed by atoms with Crippen LogP contribution in [0.15, 0.2) is 29.6 Å². The fraction of sp³-hybridized carbons (Fsp3) is 0.591. The van der Waals surface area contributed by atoms with Crippen LogP contribution in [0.1, 0.15) is 57.6 Å². The first-order chi connectivity index (χ1) is 13.7. The third kappa shape index (κ3) is 7.08. The van der Waals surface area contributed by atoms with Gasteiger partial charge in [0.15, 0.2) is 5.13 Å². The van der Waals surface area contributed by atoms with Gasteiger partial charge in [0.2, 0.25) is 0 Å². The summed E-state index contributed by atoms with van der Waals surface area (Å²) in [4.78, 5) is 6.91. The molecule has 0 aliphatic carbocycles. The minimum atomic E-state index is -0.182. The molecule has 5 nitrogen and oxygen atoms in total. The lowest BCUT2D eigenvalue weighted by atomic mass is 10.1. The fourth-order valence-corrected chi connectivity index (χ4v) is 4.17. The van der Waals surface area contributed by atoms with E-state index in [4.69, 9.17) is 4.74 Å². The highest BCUT2D eigenvalue weighted by molar-refractivity contribution is 7.13. The van der Waals surface area contributed by atoms with Crippen molar-refractivity contribution in [1.29, 1.82) is 0 Å². The summed E-state index contributed by atoms with van der Waals surface area (Å²) in [6.45, 7) is 5.54. The number of aliphatic hydroxyl groups excluding tert-OH is 1. The maximum Gasteiger partial charge on any atom is 0.187 e. The van der Waals surface area contributed by atoms with Gasteiger partial charge in [-0.3, -0.25) is 4.90 Å². The number of hydrogen-bond acceptors (Lipinski definition) is 6. The quantitative estimate of drug-likeness (QED) is 0.478. The monoisotopic (exact) mass is 403 g/mol. The number of likely N-dealkylation sites (tertiary alicyclic amines) is 1. The Labute approximate surface area is 172 Å². The van der Waals surface area contributed by atoms with Crippen molar-refractivity contribution in [1.82, 2.24) is 9.88 Å². The third-order valence-corrected chi connectivity index (χ3v) is 5.86. The molecule has 0 saturated carbocycles. The number of nitrogens with zero attached hydrogens (tertiary/aromatic N) is 2. The molecule has 2 N–H and O–H groups in total. The molecule has 1 aromatic heterocycles. The molecule has 0 radical (unpaired) electrons. The highest BCUT2D eigenvalue weighted by Gasteiger charge is 2.20. The van der Waals surface area contributed by atoms with E-state index in [2.05, 4.69) is 27.5 Å². The molecule has 1 saturated heterocycles. The Balaban J connectivity index is 1.37. The van der Waals surface area contributed by atoms with Crippen LogP contribution in [0.4, 0.5) is 10.8 Å². The zero-order valence-corrected chi connectivity index (χ0v) is 17.7. The van der Waals surface area contributed by atoms with E-state index in [1.807, 2.05) is 24.3 Å². The van der Waals surface area contributed by atoms with Crippen molar-refractivity contribution in [3.05, 3.63) is 35.3 Å². The zero-order chi connectivity index (χ0) is 19.6. The number of anilines is 2. The number of ether oxygens (including phenoxy) is 1. The summed E-state index contributed by atoms with van der Waals surface area (Å²) < 4.78 is 5.84. The summed E-state index contributed by atoms with van der Waals surface area (Å²) in [7, 11) is 0. The Bertz CT molecular complexity index is 689. The van der Waals surface area contributed by atoms with E-state index in [1.54, 1.807) is 11.3 Å². The second-order valence-corrected chi connectivity index (χ2v) is 8.45. The Kier molecular flexibility index (Phi) is 8.58. The topological polar surface area (TPSA) is 57.6 Å². The van der Waals surface area contributed by atoms with Gasteiger partial charge >= 0.3 is 0 Å². The van der Waals surface area contributed by atoms with Gasteiger partial charge in [0.25, 0.3) is 0 Å². The molecule has 0 amide bonds. The molecule has 154 valence electrons. The second kappa shape index (κ2) is 11.4. The minimum absolute atomic E-state index is 0.182. The highest BCUT2D eigenvalue weighted by atomic mass is 32.1. The molecule has 1 fully saturated rings. The van der Waals surface area contributed by atoms with Crippen molar-refractivity contribution in [2.45, 2.75) is 64.5 Å². The van der Waals surface area contributed by atoms with Crippen molar-refractivity contribution in [2.24, 2.45) is 0 Å². The summed E-state index contributed by atoms with van der Waals surface area (Å²) in [6.07, 6.45) is 8.35. The molecule has 6 heteroatoms. The molecule has 1 unspecified atom stereocenters. The average molecular weight is 404 g/mol. The molecule has 0 bridgehead atoms. The highest BCUT2D eigenvalue weighted by Crippen LogP contribution is 2.24. The molecule has 1 aromatic carbocycles. The normalized spacial score (nSPS) is 17.1. The van der Waals surface area contributed by atoms with E-state index in [9.17, 15) is 5.11 Å². The van der Waals surface area contributed by atoms with Gasteiger partial charge in [-0.1, -0.05) is 39.0 Å². The van der Waals surface area contributed by atoms with Gasteiger partial charge in [-0.2, -0.15) is 0 Å². The Morgan fingerprint density at radius 3 is 2.71 bits per heavy atom. The Morgan fingerprint density at radius 2 is 1.96 bits per heavy atom. The first kappa shape index (κ1) is 21.1. The number of unbranched alkanes of at least 4 members (excludes halogenated alkanes) is 5. The molecule has 2 aromatic rings. The number of hydrogen-bond donors (Lipinski definition) is 2. The number of rotatable bonds is 12. The lowest BCUT2D eigenvalue weighted by molar-refractivity contribution is 0.174. The van der Waals surface area contributed by atoms with E-state index >= 15 is 0 Å². The van der Waals surface area contributed by atoms with Crippen LogP contribution >= 0.6 is 11.3 Å². The summed E-state index contributed by atoms with van der Waals surface area (Å²) in [6, 6.07) is 8.10. The van der Waals surface area contributed by atoms with Crippen molar-refractivity contribution in [3.8, 4) is 5.75 Å². The third-order valence-electron chi connectivity index (χ3n) is 5.06. The smallest absolute Gasteiger partial charge is 0.187 e. The molecule has 1 atom stereocenters. The van der Waals surface area contributed by atoms with Gasteiger partial charge in [-0.05, 0) is 37.1 Å². The van der Waals surface area contributed by atoms with Gasteiger partial charge in [0, 0.05) is 30.7 Å². The van der Waals surface area contributed by atoms with E-state index in [0.717, 1.165) is 61.3 Å². The van der Waals surface area contributed by atoms with Crippen LogP contribution in [0.5, 0.6) is 5.75 Å². The number of benzene rings is 1. The van der Waals surface area contributed by atoms with Crippen molar-refractivity contribution in [2.75, 3.05) is 25.0 Å². The average Bonchev–Trinajstić information content (AvgIpc) is 3.31. The summed E-state index contributed by atoms with van der Waals surface area (Å²) in [5, 5.41) is 16.0. The maximum absolute atomic E-state index is 9.63. The van der Waals surface area contributed by atoms with Crippen LogP contribution in [-0.4, -0.2) is 40.8 Å². The largest absolute Gasteiger partial charge is 0.494 e. The molecule has 1 aliphatic rings. The van der Waals surface area contributed by atoms with Crippen LogP contribution in [-0.2, 0) is 6.54 Å². The lowest BCUT2D eigenvalue weighted by Gasteiger charge is -2.12. The molecular formula is C22H33N3O2S. The van der Waals surface area contributed by atoms with Crippen LogP contribution in [0.2, 0.25) is 0 Å². The lowest BCUT2D eigenvalue weighted by Crippen LogP contribution is -2.21. The summed E-state index contributed by atoms with van der Waals surface area (Å²) in [5.74, 6) is 0.923. The van der Waals surface area contributed by atoms with Gasteiger partial charge in [0.1, 0.15) is 5.75 Å². The van der Waals surface area contributed by atoms with E-state index in [-0.39, 0.29) is 6.10 Å². The first-order valence-electron chi connectivity index (χ1n) is 10.6.